The number of benzene rings is 1. The first-order valence-corrected chi connectivity index (χ1v) is 11.1. The molecule has 152 valence electrons. The second kappa shape index (κ2) is 8.63. The second-order valence-electron chi connectivity index (χ2n) is 7.00. The van der Waals surface area contributed by atoms with Gasteiger partial charge in [-0.05, 0) is 50.8 Å². The molecule has 0 unspecified atom stereocenters. The zero-order valence-corrected chi connectivity index (χ0v) is 17.5. The summed E-state index contributed by atoms with van der Waals surface area (Å²) in [5.74, 6) is 0.0873. The van der Waals surface area contributed by atoms with E-state index in [1.807, 2.05) is 24.3 Å². The van der Waals surface area contributed by atoms with E-state index in [9.17, 15) is 13.2 Å². The molecule has 7 nitrogen and oxygen atoms in total. The monoisotopic (exact) mass is 425 g/mol. The van der Waals surface area contributed by atoms with Crippen molar-refractivity contribution >= 4 is 27.5 Å². The summed E-state index contributed by atoms with van der Waals surface area (Å²) in [6.07, 6.45) is 1.72. The Morgan fingerprint density at radius 2 is 1.89 bits per heavy atom. The maximum absolute atomic E-state index is 12.8. The number of nitrogens with one attached hydrogen (secondary N) is 1. The van der Waals surface area contributed by atoms with Gasteiger partial charge in [0.05, 0.1) is 0 Å². The highest BCUT2D eigenvalue weighted by molar-refractivity contribution is 7.89. The van der Waals surface area contributed by atoms with Crippen molar-refractivity contribution in [2.75, 3.05) is 19.6 Å². The quantitative estimate of drug-likeness (QED) is 0.768. The van der Waals surface area contributed by atoms with Gasteiger partial charge < -0.3 is 9.84 Å². The minimum Gasteiger partial charge on any atom is -0.360 e. The molecule has 0 aliphatic carbocycles. The van der Waals surface area contributed by atoms with Gasteiger partial charge >= 0.3 is 0 Å². The highest BCUT2D eigenvalue weighted by Gasteiger charge is 2.35. The van der Waals surface area contributed by atoms with Crippen molar-refractivity contribution in [3.05, 3.63) is 46.3 Å². The Morgan fingerprint density at radius 3 is 2.46 bits per heavy atom. The number of halogens is 1. The lowest BCUT2D eigenvalue weighted by Crippen LogP contribution is -2.43. The Balaban J connectivity index is 1.50. The number of aromatic nitrogens is 1. The van der Waals surface area contributed by atoms with Crippen molar-refractivity contribution in [3.63, 3.8) is 0 Å². The fourth-order valence-corrected chi connectivity index (χ4v) is 5.34. The predicted octanol–water partition coefficient (Wildman–Crippen LogP) is 2.70. The standard InChI is InChI=1S/C19H24ClN3O4S/c1-13-18(14(2)27-22-13)28(25,26)23-11-8-16(9-12-23)19(24)21-10-7-15-3-5-17(20)6-4-15/h3-6,16H,7-12H2,1-2H3,(H,21,24). The first-order valence-electron chi connectivity index (χ1n) is 9.24. The normalized spacial score (nSPS) is 16.2. The SMILES string of the molecule is Cc1noc(C)c1S(=O)(=O)N1CCC(C(=O)NCCc2ccc(Cl)cc2)CC1. The predicted molar refractivity (Wildman–Crippen MR) is 106 cm³/mol. The Kier molecular flexibility index (Phi) is 6.42. The molecule has 0 radical (unpaired) electrons. The fraction of sp³-hybridized carbons (Fsp3) is 0.474. The van der Waals surface area contributed by atoms with Crippen molar-refractivity contribution in [2.45, 2.75) is 38.0 Å². The molecule has 0 saturated carbocycles. The van der Waals surface area contributed by atoms with Crippen LogP contribution in [0.15, 0.2) is 33.7 Å². The average Bonchev–Trinajstić information content (AvgIpc) is 3.02. The first kappa shape index (κ1) is 20.8. The molecule has 1 aliphatic heterocycles. The third kappa shape index (κ3) is 4.56. The number of sulfonamides is 1. The van der Waals surface area contributed by atoms with Crippen molar-refractivity contribution in [2.24, 2.45) is 5.92 Å². The van der Waals surface area contributed by atoms with Crippen LogP contribution >= 0.6 is 11.6 Å². The topological polar surface area (TPSA) is 92.5 Å². The van der Waals surface area contributed by atoms with Crippen LogP contribution in [0.5, 0.6) is 0 Å². The summed E-state index contributed by atoms with van der Waals surface area (Å²) in [6, 6.07) is 7.53. The second-order valence-corrected chi connectivity index (χ2v) is 9.31. The number of rotatable bonds is 6. The van der Waals surface area contributed by atoms with Crippen molar-refractivity contribution in [1.82, 2.24) is 14.8 Å². The lowest BCUT2D eigenvalue weighted by molar-refractivity contribution is -0.126. The molecule has 1 saturated heterocycles. The number of amides is 1. The van der Waals surface area contributed by atoms with Gasteiger partial charge in [-0.1, -0.05) is 28.9 Å². The summed E-state index contributed by atoms with van der Waals surface area (Å²) in [7, 11) is -3.65. The molecule has 1 aliphatic rings. The van der Waals surface area contributed by atoms with Gasteiger partial charge in [-0.15, -0.1) is 0 Å². The average molecular weight is 426 g/mol. The molecule has 1 amide bonds. The van der Waals surface area contributed by atoms with E-state index >= 15 is 0 Å². The van der Waals surface area contributed by atoms with Crippen LogP contribution in [0.3, 0.4) is 0 Å². The van der Waals surface area contributed by atoms with Gasteiger partial charge in [-0.3, -0.25) is 4.79 Å². The molecule has 0 atom stereocenters. The summed E-state index contributed by atoms with van der Waals surface area (Å²) in [4.78, 5) is 12.5. The van der Waals surface area contributed by atoms with E-state index in [0.29, 0.717) is 49.0 Å². The molecule has 28 heavy (non-hydrogen) atoms. The summed E-state index contributed by atoms with van der Waals surface area (Å²) in [6.45, 7) is 4.36. The summed E-state index contributed by atoms with van der Waals surface area (Å²) < 4.78 is 32.1. The lowest BCUT2D eigenvalue weighted by atomic mass is 9.97. The van der Waals surface area contributed by atoms with Gasteiger partial charge in [0.1, 0.15) is 10.6 Å². The molecule has 0 spiro atoms. The number of aryl methyl sites for hydroxylation is 2. The molecule has 0 bridgehead atoms. The van der Waals surface area contributed by atoms with Gasteiger partial charge in [0.2, 0.25) is 15.9 Å². The number of carbonyl (C=O) groups is 1. The fourth-order valence-electron chi connectivity index (χ4n) is 3.46. The minimum atomic E-state index is -3.65. The zero-order chi connectivity index (χ0) is 20.3. The Labute approximate surface area is 170 Å². The van der Waals surface area contributed by atoms with E-state index in [1.54, 1.807) is 13.8 Å². The Morgan fingerprint density at radius 1 is 1.25 bits per heavy atom. The van der Waals surface area contributed by atoms with Gasteiger partial charge in [0, 0.05) is 30.6 Å². The van der Waals surface area contributed by atoms with Gasteiger partial charge in [0.15, 0.2) is 5.76 Å². The molecule has 1 aromatic heterocycles. The molecule has 1 aromatic carbocycles. The molecule has 1 fully saturated rings. The molecular formula is C19H24ClN3O4S. The van der Waals surface area contributed by atoms with Crippen LogP contribution in [0.25, 0.3) is 0 Å². The maximum Gasteiger partial charge on any atom is 0.248 e. The Hall–Kier alpha value is -1.90. The summed E-state index contributed by atoms with van der Waals surface area (Å²) in [5.41, 5.74) is 1.46. The highest BCUT2D eigenvalue weighted by Crippen LogP contribution is 2.27. The molecule has 9 heteroatoms. The van der Waals surface area contributed by atoms with Crippen molar-refractivity contribution in [3.8, 4) is 0 Å². The van der Waals surface area contributed by atoms with Crippen LogP contribution in [0, 0.1) is 19.8 Å². The largest absolute Gasteiger partial charge is 0.360 e. The highest BCUT2D eigenvalue weighted by atomic mass is 35.5. The Bertz CT molecular complexity index is 913. The number of hydrogen-bond acceptors (Lipinski definition) is 5. The number of hydrogen-bond donors (Lipinski definition) is 1. The van der Waals surface area contributed by atoms with Crippen LogP contribution in [-0.2, 0) is 21.2 Å². The zero-order valence-electron chi connectivity index (χ0n) is 15.9. The molecule has 1 N–H and O–H groups in total. The van der Waals surface area contributed by atoms with E-state index in [2.05, 4.69) is 10.5 Å². The minimum absolute atomic E-state index is 0.0247. The van der Waals surface area contributed by atoms with Crippen molar-refractivity contribution < 1.29 is 17.7 Å². The third-order valence-electron chi connectivity index (χ3n) is 5.02. The van der Waals surface area contributed by atoms with Gasteiger partial charge in [-0.2, -0.15) is 4.31 Å². The van der Waals surface area contributed by atoms with Crippen LogP contribution in [0.4, 0.5) is 0 Å². The summed E-state index contributed by atoms with van der Waals surface area (Å²) in [5, 5.41) is 7.37. The smallest absolute Gasteiger partial charge is 0.248 e. The maximum atomic E-state index is 12.8. The van der Waals surface area contributed by atoms with E-state index in [4.69, 9.17) is 16.1 Å². The van der Waals surface area contributed by atoms with Crippen LogP contribution < -0.4 is 5.32 Å². The molecule has 3 rings (SSSR count). The van der Waals surface area contributed by atoms with Gasteiger partial charge in [0.25, 0.3) is 0 Å². The van der Waals surface area contributed by atoms with E-state index in [0.717, 1.165) is 12.0 Å². The number of carbonyl (C=O) groups excluding carboxylic acids is 1. The van der Waals surface area contributed by atoms with Crippen LogP contribution in [0.2, 0.25) is 5.02 Å². The molecular weight excluding hydrogens is 402 g/mol. The van der Waals surface area contributed by atoms with Crippen LogP contribution in [0.1, 0.15) is 29.9 Å². The van der Waals surface area contributed by atoms with Crippen LogP contribution in [-0.4, -0.2) is 43.4 Å². The van der Waals surface area contributed by atoms with E-state index in [-0.39, 0.29) is 16.7 Å². The van der Waals surface area contributed by atoms with Gasteiger partial charge in [-0.25, -0.2) is 8.42 Å². The van der Waals surface area contributed by atoms with Crippen molar-refractivity contribution in [1.29, 1.82) is 0 Å². The molecule has 2 heterocycles. The van der Waals surface area contributed by atoms with E-state index < -0.39 is 10.0 Å². The number of piperidine rings is 1. The third-order valence-corrected chi connectivity index (χ3v) is 7.41. The molecule has 2 aromatic rings. The lowest BCUT2D eigenvalue weighted by Gasteiger charge is -2.30. The first-order chi connectivity index (χ1) is 13.3. The van der Waals surface area contributed by atoms with E-state index in [1.165, 1.54) is 4.31 Å². The number of nitrogens with zero attached hydrogens (tertiary/aromatic N) is 2. The summed E-state index contributed by atoms with van der Waals surface area (Å²) >= 11 is 5.87.